The maximum atomic E-state index is 4.40. The standard InChI is InChI=1S/C14H25N3/c1-11-15-8-7-12(17-11)9-16-14(5,6)10-13(2,3)4/h7-8,16H,9-10H2,1-6H3. The highest BCUT2D eigenvalue weighted by atomic mass is 15.0. The van der Waals surface area contributed by atoms with E-state index in [4.69, 9.17) is 0 Å². The second-order valence-electron chi connectivity index (χ2n) is 6.57. The van der Waals surface area contributed by atoms with E-state index in [2.05, 4.69) is 49.9 Å². The molecule has 0 bridgehead atoms. The highest BCUT2D eigenvalue weighted by Gasteiger charge is 2.24. The maximum Gasteiger partial charge on any atom is 0.125 e. The number of nitrogens with zero attached hydrogens (tertiary/aromatic N) is 2. The second-order valence-corrected chi connectivity index (χ2v) is 6.57. The summed E-state index contributed by atoms with van der Waals surface area (Å²) < 4.78 is 0. The third-order valence-electron chi connectivity index (χ3n) is 2.55. The molecule has 1 heterocycles. The number of aryl methyl sites for hydroxylation is 1. The van der Waals surface area contributed by atoms with E-state index >= 15 is 0 Å². The Morgan fingerprint density at radius 1 is 1.18 bits per heavy atom. The average Bonchev–Trinajstić information content (AvgIpc) is 2.11. The normalized spacial score (nSPS) is 12.8. The summed E-state index contributed by atoms with van der Waals surface area (Å²) in [6.45, 7) is 14.0. The Hall–Kier alpha value is -0.960. The molecule has 3 heteroatoms. The minimum atomic E-state index is 0.122. The van der Waals surface area contributed by atoms with Crippen molar-refractivity contribution in [1.82, 2.24) is 15.3 Å². The average molecular weight is 235 g/mol. The fourth-order valence-corrected chi connectivity index (χ4v) is 2.32. The van der Waals surface area contributed by atoms with Gasteiger partial charge in [0.05, 0.1) is 5.69 Å². The van der Waals surface area contributed by atoms with Crippen LogP contribution < -0.4 is 5.32 Å². The number of rotatable bonds is 4. The second kappa shape index (κ2) is 5.13. The fourth-order valence-electron chi connectivity index (χ4n) is 2.32. The first kappa shape index (κ1) is 14.1. The van der Waals surface area contributed by atoms with Crippen LogP contribution in [0.25, 0.3) is 0 Å². The fraction of sp³-hybridized carbons (Fsp3) is 0.714. The molecule has 0 aromatic carbocycles. The molecule has 0 saturated carbocycles. The van der Waals surface area contributed by atoms with E-state index in [9.17, 15) is 0 Å². The third kappa shape index (κ3) is 5.78. The smallest absolute Gasteiger partial charge is 0.125 e. The molecule has 0 amide bonds. The molecule has 0 spiro atoms. The molecule has 0 radical (unpaired) electrons. The molecule has 17 heavy (non-hydrogen) atoms. The molecule has 0 unspecified atom stereocenters. The molecular formula is C14H25N3. The molecule has 1 aromatic heterocycles. The van der Waals surface area contributed by atoms with E-state index < -0.39 is 0 Å². The molecule has 0 fully saturated rings. The molecule has 1 N–H and O–H groups in total. The van der Waals surface area contributed by atoms with Crippen molar-refractivity contribution < 1.29 is 0 Å². The van der Waals surface area contributed by atoms with Crippen LogP contribution in [0.2, 0.25) is 0 Å². The van der Waals surface area contributed by atoms with Crippen LogP contribution >= 0.6 is 0 Å². The van der Waals surface area contributed by atoms with E-state index in [0.29, 0.717) is 5.41 Å². The van der Waals surface area contributed by atoms with Gasteiger partial charge in [0.1, 0.15) is 5.82 Å². The first-order valence-electron chi connectivity index (χ1n) is 6.22. The predicted octanol–water partition coefficient (Wildman–Crippen LogP) is 3.09. The van der Waals surface area contributed by atoms with Crippen LogP contribution in [0.15, 0.2) is 12.3 Å². The van der Waals surface area contributed by atoms with Crippen molar-refractivity contribution in [2.75, 3.05) is 0 Å². The van der Waals surface area contributed by atoms with Gasteiger partial charge in [0.25, 0.3) is 0 Å². The first-order valence-corrected chi connectivity index (χ1v) is 6.22. The largest absolute Gasteiger partial charge is 0.306 e. The van der Waals surface area contributed by atoms with Crippen molar-refractivity contribution in [3.8, 4) is 0 Å². The summed E-state index contributed by atoms with van der Waals surface area (Å²) in [6.07, 6.45) is 2.94. The quantitative estimate of drug-likeness (QED) is 0.871. The summed E-state index contributed by atoms with van der Waals surface area (Å²) in [5.74, 6) is 0.831. The Kier molecular flexibility index (Phi) is 4.26. The van der Waals surface area contributed by atoms with Crippen molar-refractivity contribution in [3.63, 3.8) is 0 Å². The summed E-state index contributed by atoms with van der Waals surface area (Å²) in [5.41, 5.74) is 1.51. The number of hydrogen-bond donors (Lipinski definition) is 1. The van der Waals surface area contributed by atoms with Crippen LogP contribution in [-0.2, 0) is 6.54 Å². The molecule has 0 saturated heterocycles. The lowest BCUT2D eigenvalue weighted by Gasteiger charge is -2.33. The van der Waals surface area contributed by atoms with Crippen molar-refractivity contribution in [3.05, 3.63) is 23.8 Å². The minimum Gasteiger partial charge on any atom is -0.306 e. The molecule has 96 valence electrons. The molecular weight excluding hydrogens is 210 g/mol. The van der Waals surface area contributed by atoms with E-state index in [0.717, 1.165) is 24.5 Å². The topological polar surface area (TPSA) is 37.8 Å². The highest BCUT2D eigenvalue weighted by Crippen LogP contribution is 2.26. The maximum absolute atomic E-state index is 4.40. The first-order chi connectivity index (χ1) is 7.68. The molecule has 1 rings (SSSR count). The van der Waals surface area contributed by atoms with Gasteiger partial charge in [0.15, 0.2) is 0 Å². The van der Waals surface area contributed by atoms with Crippen molar-refractivity contribution >= 4 is 0 Å². The van der Waals surface area contributed by atoms with Gasteiger partial charge in [-0.05, 0) is 38.7 Å². The van der Waals surface area contributed by atoms with Gasteiger partial charge in [-0.2, -0.15) is 0 Å². The van der Waals surface area contributed by atoms with Crippen LogP contribution in [-0.4, -0.2) is 15.5 Å². The molecule has 0 aliphatic rings. The Labute approximate surface area is 105 Å². The number of hydrogen-bond acceptors (Lipinski definition) is 3. The van der Waals surface area contributed by atoms with Gasteiger partial charge < -0.3 is 5.32 Å². The van der Waals surface area contributed by atoms with Gasteiger partial charge in [-0.25, -0.2) is 9.97 Å². The van der Waals surface area contributed by atoms with Crippen LogP contribution in [0, 0.1) is 12.3 Å². The van der Waals surface area contributed by atoms with Gasteiger partial charge in [0.2, 0.25) is 0 Å². The van der Waals surface area contributed by atoms with Crippen LogP contribution in [0.4, 0.5) is 0 Å². The highest BCUT2D eigenvalue weighted by molar-refractivity contribution is 5.02. The molecule has 1 aromatic rings. The Morgan fingerprint density at radius 3 is 2.35 bits per heavy atom. The van der Waals surface area contributed by atoms with E-state index in [-0.39, 0.29) is 5.54 Å². The number of aromatic nitrogens is 2. The molecule has 0 aliphatic heterocycles. The Balaban J connectivity index is 2.55. The lowest BCUT2D eigenvalue weighted by molar-refractivity contribution is 0.240. The lowest BCUT2D eigenvalue weighted by atomic mass is 9.82. The van der Waals surface area contributed by atoms with Gasteiger partial charge in [-0.3, -0.25) is 0 Å². The minimum absolute atomic E-state index is 0.122. The summed E-state index contributed by atoms with van der Waals surface area (Å²) >= 11 is 0. The van der Waals surface area contributed by atoms with E-state index in [1.54, 1.807) is 0 Å². The van der Waals surface area contributed by atoms with Crippen molar-refractivity contribution in [1.29, 1.82) is 0 Å². The van der Waals surface area contributed by atoms with Crippen LogP contribution in [0.1, 0.15) is 52.6 Å². The van der Waals surface area contributed by atoms with Crippen LogP contribution in [0.5, 0.6) is 0 Å². The zero-order valence-corrected chi connectivity index (χ0v) is 12.0. The van der Waals surface area contributed by atoms with Crippen molar-refractivity contribution in [2.45, 2.75) is 60.0 Å². The number of nitrogens with one attached hydrogen (secondary N) is 1. The van der Waals surface area contributed by atoms with Crippen LogP contribution in [0.3, 0.4) is 0 Å². The molecule has 0 aliphatic carbocycles. The summed E-state index contributed by atoms with van der Waals surface area (Å²) in [7, 11) is 0. The zero-order valence-electron chi connectivity index (χ0n) is 12.0. The summed E-state index contributed by atoms with van der Waals surface area (Å²) in [5, 5.41) is 3.57. The monoisotopic (exact) mass is 235 g/mol. The SMILES string of the molecule is Cc1nccc(CNC(C)(C)CC(C)(C)C)n1. The Morgan fingerprint density at radius 2 is 1.82 bits per heavy atom. The van der Waals surface area contributed by atoms with Gasteiger partial charge >= 0.3 is 0 Å². The Bertz CT molecular complexity index is 364. The third-order valence-corrected chi connectivity index (χ3v) is 2.55. The summed E-state index contributed by atoms with van der Waals surface area (Å²) in [4.78, 5) is 8.50. The zero-order chi connectivity index (χ0) is 13.1. The predicted molar refractivity (Wildman–Crippen MR) is 71.8 cm³/mol. The molecule has 0 atom stereocenters. The lowest BCUT2D eigenvalue weighted by Crippen LogP contribution is -2.42. The van der Waals surface area contributed by atoms with E-state index in [1.165, 1.54) is 0 Å². The summed E-state index contributed by atoms with van der Waals surface area (Å²) in [6, 6.07) is 1.97. The van der Waals surface area contributed by atoms with Gasteiger partial charge in [-0.1, -0.05) is 20.8 Å². The van der Waals surface area contributed by atoms with E-state index in [1.807, 2.05) is 19.2 Å². The molecule has 3 nitrogen and oxygen atoms in total. The van der Waals surface area contributed by atoms with Gasteiger partial charge in [0, 0.05) is 18.3 Å². The van der Waals surface area contributed by atoms with Crippen molar-refractivity contribution in [2.24, 2.45) is 5.41 Å². The van der Waals surface area contributed by atoms with Gasteiger partial charge in [-0.15, -0.1) is 0 Å².